The van der Waals surface area contributed by atoms with Gasteiger partial charge in [-0.1, -0.05) is 0 Å². The van der Waals surface area contributed by atoms with Crippen LogP contribution in [0.1, 0.15) is 0 Å². The Labute approximate surface area is 139 Å². The molecule has 1 unspecified atom stereocenters. The van der Waals surface area contributed by atoms with Crippen LogP contribution < -0.4 is 0 Å². The molecule has 0 aliphatic rings. The normalized spacial score (nSPS) is 17.6. The summed E-state index contributed by atoms with van der Waals surface area (Å²) >= 11 is -0.764. The van der Waals surface area contributed by atoms with Crippen LogP contribution in [0.25, 0.3) is 0 Å². The first-order chi connectivity index (χ1) is 10.4. The van der Waals surface area contributed by atoms with Gasteiger partial charge in [-0.2, -0.15) is 65.9 Å². The lowest BCUT2D eigenvalue weighted by Gasteiger charge is -2.39. The highest BCUT2D eigenvalue weighted by molar-refractivity contribution is 14.1. The van der Waals surface area contributed by atoms with Crippen LogP contribution in [0.15, 0.2) is 0 Å². The molecule has 1 atom stereocenters. The van der Waals surface area contributed by atoms with Gasteiger partial charge < -0.3 is 0 Å². The number of rotatable bonds is 6. The Hall–Kier alpha value is -0.390. The SMILES string of the molecule is FC(C(F)(F)C(F)(F)I)C(F)(F)C(F)(F)C(F)(F)C(F)(F)C(F)(F)F. The molecule has 17 heteroatoms. The largest absolute Gasteiger partial charge is 0.460 e. The highest BCUT2D eigenvalue weighted by atomic mass is 127. The Balaban J connectivity index is 6.32. The first-order valence-electron chi connectivity index (χ1n) is 5.07. The fourth-order valence-electron chi connectivity index (χ4n) is 1.12. The van der Waals surface area contributed by atoms with E-state index in [4.69, 9.17) is 0 Å². The van der Waals surface area contributed by atoms with Crippen molar-refractivity contribution in [3.05, 3.63) is 0 Å². The summed E-state index contributed by atoms with van der Waals surface area (Å²) in [5.41, 5.74) is 0. The predicted octanol–water partition coefficient (Wildman–Crippen LogP) is 6.09. The van der Waals surface area contributed by atoms with E-state index in [1.165, 1.54) is 0 Å². The Bertz CT molecular complexity index is 483. The van der Waals surface area contributed by atoms with E-state index in [9.17, 15) is 70.2 Å². The Kier molecular flexibility index (Phi) is 5.97. The summed E-state index contributed by atoms with van der Waals surface area (Å²) in [5.74, 6) is -38.9. The molecule has 0 aliphatic carbocycles. The maximum atomic E-state index is 12.9. The van der Waals surface area contributed by atoms with Crippen LogP contribution in [0.5, 0.6) is 0 Å². The second-order valence-corrected chi connectivity index (χ2v) is 5.68. The number of hydrogen-bond acceptors (Lipinski definition) is 0. The molecule has 0 saturated carbocycles. The van der Waals surface area contributed by atoms with Crippen molar-refractivity contribution in [2.45, 2.75) is 45.9 Å². The molecule has 0 bridgehead atoms. The minimum Gasteiger partial charge on any atom is -0.233 e. The van der Waals surface area contributed by atoms with Gasteiger partial charge in [0.25, 0.3) is 0 Å². The number of hydrogen-bond donors (Lipinski definition) is 0. The van der Waals surface area contributed by atoms with Crippen LogP contribution in [-0.2, 0) is 0 Å². The van der Waals surface area contributed by atoms with Gasteiger partial charge in [-0.05, 0) is 0 Å². The summed E-state index contributed by atoms with van der Waals surface area (Å²) in [6.07, 6.45) is -13.9. The molecule has 0 N–H and O–H groups in total. The third-order valence-corrected chi connectivity index (χ3v) is 3.30. The van der Waals surface area contributed by atoms with Crippen molar-refractivity contribution in [1.29, 1.82) is 0 Å². The van der Waals surface area contributed by atoms with Gasteiger partial charge in [0.2, 0.25) is 6.17 Å². The average Bonchev–Trinajstić information content (AvgIpc) is 2.34. The van der Waals surface area contributed by atoms with Crippen molar-refractivity contribution in [2.24, 2.45) is 0 Å². The van der Waals surface area contributed by atoms with Gasteiger partial charge in [0.05, 0.1) is 0 Å². The molecule has 0 spiro atoms. The predicted molar refractivity (Wildman–Crippen MR) is 54.7 cm³/mol. The van der Waals surface area contributed by atoms with E-state index in [1.807, 2.05) is 0 Å². The Morgan fingerprint density at radius 3 is 1.04 bits per heavy atom. The Morgan fingerprint density at radius 1 is 0.480 bits per heavy atom. The van der Waals surface area contributed by atoms with Crippen molar-refractivity contribution in [1.82, 2.24) is 0 Å². The third kappa shape index (κ3) is 3.44. The number of halogens is 17. The lowest BCUT2D eigenvalue weighted by Crippen LogP contribution is -2.70. The van der Waals surface area contributed by atoms with E-state index < -0.39 is 68.5 Å². The zero-order valence-electron chi connectivity index (χ0n) is 10.5. The maximum absolute atomic E-state index is 12.9. The van der Waals surface area contributed by atoms with Crippen LogP contribution in [0.3, 0.4) is 0 Å². The first-order valence-corrected chi connectivity index (χ1v) is 6.15. The minimum atomic E-state index is -8.18. The van der Waals surface area contributed by atoms with Gasteiger partial charge in [0.1, 0.15) is 0 Å². The summed E-state index contributed by atoms with van der Waals surface area (Å²) in [7, 11) is 0. The topological polar surface area (TPSA) is 0 Å². The quantitative estimate of drug-likeness (QED) is 0.223. The molecular weight excluding hydrogens is 527 g/mol. The first kappa shape index (κ1) is 24.6. The highest BCUT2D eigenvalue weighted by Gasteiger charge is 2.90. The van der Waals surface area contributed by atoms with Crippen molar-refractivity contribution in [3.63, 3.8) is 0 Å². The molecule has 0 amide bonds. The van der Waals surface area contributed by atoms with E-state index in [0.717, 1.165) is 0 Å². The molecule has 0 aromatic carbocycles. The van der Waals surface area contributed by atoms with Gasteiger partial charge >= 0.3 is 39.7 Å². The second-order valence-electron chi connectivity index (χ2n) is 4.33. The van der Waals surface area contributed by atoms with E-state index in [0.29, 0.717) is 0 Å². The van der Waals surface area contributed by atoms with E-state index in [1.54, 1.807) is 0 Å². The molecule has 0 aromatic heterocycles. The van der Waals surface area contributed by atoms with Gasteiger partial charge in [-0.15, -0.1) is 0 Å². The molecule has 0 heterocycles. The minimum absolute atomic E-state index is 0.764. The van der Waals surface area contributed by atoms with E-state index >= 15 is 0 Å². The monoisotopic (exact) mass is 528 g/mol. The standard InChI is InChI=1S/C8HF16I/c9-1(3(12,13)8(23,24)25)2(10,11)4(14,15)5(16,17)6(18,19)7(20,21)22/h1H. The second kappa shape index (κ2) is 6.07. The Morgan fingerprint density at radius 2 is 0.800 bits per heavy atom. The maximum Gasteiger partial charge on any atom is 0.460 e. The molecule has 0 aromatic rings. The third-order valence-electron chi connectivity index (χ3n) is 2.58. The fourth-order valence-corrected chi connectivity index (χ4v) is 1.39. The summed E-state index contributed by atoms with van der Waals surface area (Å²) in [4.78, 5) is 0. The van der Waals surface area contributed by atoms with Crippen molar-refractivity contribution >= 4 is 22.6 Å². The van der Waals surface area contributed by atoms with Crippen molar-refractivity contribution in [2.75, 3.05) is 0 Å². The molecule has 0 nitrogen and oxygen atoms in total. The van der Waals surface area contributed by atoms with E-state index in [2.05, 4.69) is 0 Å². The molecule has 0 fully saturated rings. The van der Waals surface area contributed by atoms with Crippen molar-refractivity contribution < 1.29 is 70.2 Å². The smallest absolute Gasteiger partial charge is 0.233 e. The van der Waals surface area contributed by atoms with E-state index in [-0.39, 0.29) is 0 Å². The van der Waals surface area contributed by atoms with Crippen LogP contribution >= 0.6 is 22.6 Å². The van der Waals surface area contributed by atoms with Crippen LogP contribution in [0.2, 0.25) is 0 Å². The zero-order chi connectivity index (χ0) is 21.1. The van der Waals surface area contributed by atoms with Gasteiger partial charge in [0.15, 0.2) is 0 Å². The molecule has 0 rings (SSSR count). The molecule has 152 valence electrons. The van der Waals surface area contributed by atoms with Crippen LogP contribution in [0.4, 0.5) is 70.2 Å². The van der Waals surface area contributed by atoms with Crippen LogP contribution in [0, 0.1) is 0 Å². The number of alkyl halides is 17. The zero-order valence-corrected chi connectivity index (χ0v) is 12.7. The van der Waals surface area contributed by atoms with Gasteiger partial charge in [-0.3, -0.25) is 0 Å². The van der Waals surface area contributed by atoms with Gasteiger partial charge in [-0.25, -0.2) is 4.39 Å². The van der Waals surface area contributed by atoms with Crippen LogP contribution in [-0.4, -0.2) is 45.9 Å². The molecule has 0 aliphatic heterocycles. The summed E-state index contributed by atoms with van der Waals surface area (Å²) in [5, 5.41) is 0. The highest BCUT2D eigenvalue weighted by Crippen LogP contribution is 2.60. The lowest BCUT2D eigenvalue weighted by molar-refractivity contribution is -0.432. The molecule has 0 radical (unpaired) electrons. The molecular formula is C8HF16I. The van der Waals surface area contributed by atoms with Crippen molar-refractivity contribution in [3.8, 4) is 0 Å². The fraction of sp³-hybridized carbons (Fsp3) is 1.00. The summed E-state index contributed by atoms with van der Waals surface area (Å²) in [6, 6.07) is 0. The summed E-state index contributed by atoms with van der Waals surface area (Å²) in [6.45, 7) is 0. The summed E-state index contributed by atoms with van der Waals surface area (Å²) < 4.78 is 194. The molecule has 25 heavy (non-hydrogen) atoms. The average molecular weight is 528 g/mol. The lowest BCUT2D eigenvalue weighted by atomic mass is 9.93. The van der Waals surface area contributed by atoms with Gasteiger partial charge in [0, 0.05) is 22.6 Å². The molecule has 0 saturated heterocycles.